The number of phenolic OH excluding ortho intramolecular Hbond substituents is 2. The molecule has 0 atom stereocenters. The molecule has 0 amide bonds. The molecule has 1 aromatic heterocycles. The monoisotopic (exact) mass is 391 g/mol. The maximum absolute atomic E-state index is 12.3. The van der Waals surface area contributed by atoms with E-state index in [1.807, 2.05) is 5.38 Å². The van der Waals surface area contributed by atoms with Gasteiger partial charge in [-0.05, 0) is 36.4 Å². The average Bonchev–Trinajstić information content (AvgIpc) is 3.06. The van der Waals surface area contributed by atoms with Crippen molar-refractivity contribution < 1.29 is 23.7 Å². The summed E-state index contributed by atoms with van der Waals surface area (Å²) >= 11 is 1.35. The van der Waals surface area contributed by atoms with E-state index in [9.17, 15) is 19.0 Å². The highest BCUT2D eigenvalue weighted by Crippen LogP contribution is 2.27. The molecule has 0 saturated carbocycles. The Kier molecular flexibility index (Phi) is 5.51. The lowest BCUT2D eigenvalue weighted by Gasteiger charge is -2.07. The molecule has 9 heteroatoms. The number of nitrogens with zero attached hydrogens (tertiary/aromatic N) is 3. The second-order valence-electron chi connectivity index (χ2n) is 5.30. The molecular weight excluding hydrogens is 376 g/mol. The van der Waals surface area contributed by atoms with Crippen molar-refractivity contribution in [3.8, 4) is 28.5 Å². The van der Waals surface area contributed by atoms with Crippen LogP contribution in [0.5, 0.6) is 17.2 Å². The summed E-state index contributed by atoms with van der Waals surface area (Å²) in [6, 6.07) is 10.7. The molecule has 0 aliphatic rings. The van der Waals surface area contributed by atoms with E-state index in [-0.39, 0.29) is 17.2 Å². The quantitative estimate of drug-likeness (QED) is 0.515. The Labute approximate surface area is 157 Å². The summed E-state index contributed by atoms with van der Waals surface area (Å²) in [5.41, 5.74) is 1.74. The Morgan fingerprint density at radius 1 is 1.15 bits per heavy atom. The number of para-hydroxylation sites is 1. The van der Waals surface area contributed by atoms with Gasteiger partial charge in [-0.15, -0.1) is 11.3 Å². The third-order valence-electron chi connectivity index (χ3n) is 3.61. The van der Waals surface area contributed by atoms with Crippen LogP contribution in [0.3, 0.4) is 0 Å². The van der Waals surface area contributed by atoms with Gasteiger partial charge in [0.25, 0.3) is 0 Å². The fourth-order valence-electron chi connectivity index (χ4n) is 2.34. The lowest BCUT2D eigenvalue weighted by molar-refractivity contribution is -0.0498. The maximum Gasteiger partial charge on any atom is 0.387 e. The first-order valence-corrected chi connectivity index (χ1v) is 8.61. The minimum atomic E-state index is -2.88. The van der Waals surface area contributed by atoms with E-state index in [2.05, 4.69) is 14.8 Å². The molecule has 0 unspecified atom stereocenters. The van der Waals surface area contributed by atoms with Crippen LogP contribution in [0.1, 0.15) is 5.56 Å². The highest BCUT2D eigenvalue weighted by atomic mass is 32.1. The number of aromatic nitrogens is 1. The molecular formula is C18H15F2N3O3S. The molecule has 6 nitrogen and oxygen atoms in total. The Bertz CT molecular complexity index is 1030. The van der Waals surface area contributed by atoms with Gasteiger partial charge in [-0.1, -0.05) is 6.07 Å². The van der Waals surface area contributed by atoms with Crippen LogP contribution in [0.15, 0.2) is 57.9 Å². The third kappa shape index (κ3) is 4.14. The standard InChI is InChI=1S/C18H15F2N3O3S/c1-21-18-23(22-9-12-3-2-4-15(24)16(12)25)14(10-27-18)11-5-7-13(8-6-11)26-17(19)20/h2-10,17,24-25H,1H3. The van der Waals surface area contributed by atoms with Crippen molar-refractivity contribution >= 4 is 17.6 Å². The lowest BCUT2D eigenvalue weighted by Crippen LogP contribution is -2.11. The molecule has 3 rings (SSSR count). The second-order valence-corrected chi connectivity index (χ2v) is 6.14. The summed E-state index contributed by atoms with van der Waals surface area (Å²) in [7, 11) is 1.62. The first-order chi connectivity index (χ1) is 13.0. The first-order valence-electron chi connectivity index (χ1n) is 7.73. The molecule has 0 bridgehead atoms. The zero-order valence-electron chi connectivity index (χ0n) is 14.1. The summed E-state index contributed by atoms with van der Waals surface area (Å²) in [6.07, 6.45) is 1.40. The van der Waals surface area contributed by atoms with Gasteiger partial charge >= 0.3 is 6.61 Å². The van der Waals surface area contributed by atoms with Crippen LogP contribution in [-0.2, 0) is 0 Å². The van der Waals surface area contributed by atoms with Gasteiger partial charge in [-0.3, -0.25) is 4.99 Å². The number of aromatic hydroxyl groups is 2. The van der Waals surface area contributed by atoms with Gasteiger partial charge in [-0.25, -0.2) is 4.68 Å². The Morgan fingerprint density at radius 3 is 2.56 bits per heavy atom. The minimum Gasteiger partial charge on any atom is -0.504 e. The van der Waals surface area contributed by atoms with Gasteiger partial charge < -0.3 is 14.9 Å². The number of thiazole rings is 1. The minimum absolute atomic E-state index is 0.0594. The van der Waals surface area contributed by atoms with Crippen molar-refractivity contribution in [2.75, 3.05) is 7.05 Å². The van der Waals surface area contributed by atoms with Crippen molar-refractivity contribution in [3.05, 3.63) is 58.2 Å². The normalized spacial score (nSPS) is 12.2. The van der Waals surface area contributed by atoms with Crippen LogP contribution in [-0.4, -0.2) is 34.8 Å². The van der Waals surface area contributed by atoms with E-state index in [4.69, 9.17) is 0 Å². The van der Waals surface area contributed by atoms with E-state index < -0.39 is 6.61 Å². The molecule has 140 valence electrons. The number of ether oxygens (including phenoxy) is 1. The van der Waals surface area contributed by atoms with Crippen molar-refractivity contribution in [2.24, 2.45) is 10.1 Å². The molecule has 0 fully saturated rings. The number of hydrogen-bond donors (Lipinski definition) is 2. The number of halogens is 2. The first kappa shape index (κ1) is 18.6. The van der Waals surface area contributed by atoms with Gasteiger partial charge in [0.15, 0.2) is 11.5 Å². The summed E-state index contributed by atoms with van der Waals surface area (Å²) in [4.78, 5) is 4.75. The van der Waals surface area contributed by atoms with Crippen LogP contribution in [0, 0.1) is 0 Å². The Morgan fingerprint density at radius 2 is 1.89 bits per heavy atom. The van der Waals surface area contributed by atoms with Crippen LogP contribution in [0.2, 0.25) is 0 Å². The molecule has 1 heterocycles. The van der Waals surface area contributed by atoms with Gasteiger partial charge in [0.1, 0.15) is 5.75 Å². The van der Waals surface area contributed by atoms with E-state index in [1.54, 1.807) is 36.0 Å². The highest BCUT2D eigenvalue weighted by Gasteiger charge is 2.10. The van der Waals surface area contributed by atoms with E-state index in [1.165, 1.54) is 35.8 Å². The van der Waals surface area contributed by atoms with Gasteiger partial charge in [0, 0.05) is 23.6 Å². The van der Waals surface area contributed by atoms with Crippen molar-refractivity contribution in [1.29, 1.82) is 0 Å². The van der Waals surface area contributed by atoms with Crippen LogP contribution < -0.4 is 9.54 Å². The fourth-order valence-corrected chi connectivity index (χ4v) is 3.14. The zero-order chi connectivity index (χ0) is 19.4. The van der Waals surface area contributed by atoms with Gasteiger partial charge in [-0.2, -0.15) is 13.9 Å². The third-order valence-corrected chi connectivity index (χ3v) is 4.52. The summed E-state index contributed by atoms with van der Waals surface area (Å²) in [5.74, 6) is -0.462. The largest absolute Gasteiger partial charge is 0.504 e. The number of hydrogen-bond acceptors (Lipinski definition) is 6. The molecule has 2 N–H and O–H groups in total. The molecule has 27 heavy (non-hydrogen) atoms. The number of benzene rings is 2. The molecule has 0 aliphatic heterocycles. The molecule has 3 aromatic rings. The van der Waals surface area contributed by atoms with Gasteiger partial charge in [0.2, 0.25) is 4.80 Å². The molecule has 0 aliphatic carbocycles. The van der Waals surface area contributed by atoms with Gasteiger partial charge in [0.05, 0.1) is 11.9 Å². The molecule has 0 saturated heterocycles. The van der Waals surface area contributed by atoms with Crippen LogP contribution in [0.25, 0.3) is 11.3 Å². The SMILES string of the molecule is CN=c1scc(-c2ccc(OC(F)F)cc2)n1N=Cc1cccc(O)c1O. The predicted molar refractivity (Wildman–Crippen MR) is 98.6 cm³/mol. The molecule has 2 aromatic carbocycles. The number of alkyl halides is 2. The van der Waals surface area contributed by atoms with Crippen molar-refractivity contribution in [1.82, 2.24) is 4.68 Å². The Hall–Kier alpha value is -3.20. The number of rotatable bonds is 5. The summed E-state index contributed by atoms with van der Waals surface area (Å²) in [5, 5.41) is 25.6. The lowest BCUT2D eigenvalue weighted by atomic mass is 10.2. The van der Waals surface area contributed by atoms with E-state index in [0.717, 1.165) is 5.56 Å². The molecule has 0 radical (unpaired) electrons. The predicted octanol–water partition coefficient (Wildman–Crippen LogP) is 3.64. The zero-order valence-corrected chi connectivity index (χ0v) is 14.9. The van der Waals surface area contributed by atoms with Crippen LogP contribution >= 0.6 is 11.3 Å². The van der Waals surface area contributed by atoms with E-state index >= 15 is 0 Å². The topological polar surface area (TPSA) is 79.3 Å². The van der Waals surface area contributed by atoms with Crippen LogP contribution in [0.4, 0.5) is 8.78 Å². The summed E-state index contributed by atoms with van der Waals surface area (Å²) in [6.45, 7) is -2.88. The van der Waals surface area contributed by atoms with E-state index in [0.29, 0.717) is 16.1 Å². The summed E-state index contributed by atoms with van der Waals surface area (Å²) < 4.78 is 30.5. The fraction of sp³-hybridized carbons (Fsp3) is 0.111. The number of phenols is 2. The maximum atomic E-state index is 12.3. The van der Waals surface area contributed by atoms with Crippen molar-refractivity contribution in [3.63, 3.8) is 0 Å². The smallest absolute Gasteiger partial charge is 0.387 e. The highest BCUT2D eigenvalue weighted by molar-refractivity contribution is 7.07. The second kappa shape index (κ2) is 8.00. The average molecular weight is 391 g/mol. The van der Waals surface area contributed by atoms with Crippen molar-refractivity contribution in [2.45, 2.75) is 6.61 Å². The molecule has 0 spiro atoms. The Balaban J connectivity index is 1.98.